The Morgan fingerprint density at radius 1 is 1.47 bits per heavy atom. The van der Waals surface area contributed by atoms with E-state index in [9.17, 15) is 14.7 Å². The second kappa shape index (κ2) is 7.99. The molecule has 0 fully saturated rings. The number of aliphatic carboxylic acids is 1. The fraction of sp³-hybridized carbons (Fsp3) is 0.600. The molecule has 0 aromatic rings. The molecule has 0 aliphatic rings. The van der Waals surface area contributed by atoms with Crippen LogP contribution in [0.3, 0.4) is 0 Å². The van der Waals surface area contributed by atoms with Gasteiger partial charge in [-0.2, -0.15) is 0 Å². The Balaban J connectivity index is 3.57. The summed E-state index contributed by atoms with van der Waals surface area (Å²) in [6, 6.07) is 0. The van der Waals surface area contributed by atoms with Gasteiger partial charge in [0, 0.05) is 0 Å². The van der Waals surface area contributed by atoms with Gasteiger partial charge < -0.3 is 15.5 Å². The number of carbonyl (C=O) groups excluding carboxylic acids is 1. The first-order valence-electron chi connectivity index (χ1n) is 4.83. The number of carbonyl (C=O) groups is 2. The number of amides is 1. The normalized spacial score (nSPS) is 11.8. The maximum Gasteiger partial charge on any atom is 0.322 e. The third-order valence-corrected chi connectivity index (χ3v) is 1.80. The third kappa shape index (κ3) is 8.96. The maximum absolute atomic E-state index is 11.0. The van der Waals surface area contributed by atoms with Crippen LogP contribution < -0.4 is 5.32 Å². The molecule has 1 amide bonds. The van der Waals surface area contributed by atoms with Gasteiger partial charge in [-0.3, -0.25) is 9.59 Å². The van der Waals surface area contributed by atoms with Gasteiger partial charge in [-0.25, -0.2) is 0 Å². The minimum Gasteiger partial charge on any atom is -0.480 e. The summed E-state index contributed by atoms with van der Waals surface area (Å²) in [5.74, 6) is -1.53. The van der Waals surface area contributed by atoms with Crippen LogP contribution >= 0.6 is 0 Å². The molecule has 1 unspecified atom stereocenters. The van der Waals surface area contributed by atoms with Gasteiger partial charge in [0.15, 0.2) is 0 Å². The van der Waals surface area contributed by atoms with Gasteiger partial charge in [0.25, 0.3) is 0 Å². The summed E-state index contributed by atoms with van der Waals surface area (Å²) in [6.07, 6.45) is 3.08. The molecular weight excluding hydrogens is 198 g/mol. The fourth-order valence-corrected chi connectivity index (χ4v) is 1.06. The molecule has 86 valence electrons. The standard InChI is InChI=1S/C10H17NO4/c1-2-3-4-5-8(12)6-9(13)11-7-10(14)15/h2,8,12H,1,3-7H2,(H,11,13)(H,14,15). The molecule has 0 aromatic heterocycles. The molecule has 0 saturated carbocycles. The Morgan fingerprint density at radius 2 is 2.13 bits per heavy atom. The zero-order valence-corrected chi connectivity index (χ0v) is 8.61. The van der Waals surface area contributed by atoms with Crippen LogP contribution in [0.25, 0.3) is 0 Å². The molecule has 0 heterocycles. The molecule has 0 aliphatic carbocycles. The van der Waals surface area contributed by atoms with Crippen LogP contribution in [-0.4, -0.2) is 34.7 Å². The molecule has 0 aromatic carbocycles. The van der Waals surface area contributed by atoms with Crippen LogP contribution in [0.4, 0.5) is 0 Å². The van der Waals surface area contributed by atoms with E-state index in [0.29, 0.717) is 6.42 Å². The number of carboxylic acids is 1. The van der Waals surface area contributed by atoms with Crippen LogP contribution in [0.5, 0.6) is 0 Å². The molecule has 1 atom stereocenters. The van der Waals surface area contributed by atoms with Crippen LogP contribution in [0.15, 0.2) is 12.7 Å². The monoisotopic (exact) mass is 215 g/mol. The first kappa shape index (κ1) is 13.6. The number of aliphatic hydroxyl groups is 1. The number of carboxylic acid groups (broad SMARTS) is 1. The second-order valence-corrected chi connectivity index (χ2v) is 3.25. The van der Waals surface area contributed by atoms with E-state index in [4.69, 9.17) is 5.11 Å². The molecular formula is C10H17NO4. The third-order valence-electron chi connectivity index (χ3n) is 1.80. The maximum atomic E-state index is 11.0. The molecule has 3 N–H and O–H groups in total. The number of rotatable bonds is 8. The van der Waals surface area contributed by atoms with E-state index in [1.807, 2.05) is 0 Å². The average Bonchev–Trinajstić information content (AvgIpc) is 2.15. The van der Waals surface area contributed by atoms with Crippen molar-refractivity contribution in [1.29, 1.82) is 0 Å². The van der Waals surface area contributed by atoms with Gasteiger partial charge >= 0.3 is 5.97 Å². The molecule has 0 aliphatic heterocycles. The van der Waals surface area contributed by atoms with Crippen molar-refractivity contribution in [1.82, 2.24) is 5.32 Å². The zero-order chi connectivity index (χ0) is 11.7. The Kier molecular flexibility index (Phi) is 7.27. The lowest BCUT2D eigenvalue weighted by Gasteiger charge is -2.09. The number of hydrogen-bond acceptors (Lipinski definition) is 3. The zero-order valence-electron chi connectivity index (χ0n) is 8.61. The number of hydrogen-bond donors (Lipinski definition) is 3. The topological polar surface area (TPSA) is 86.6 Å². The Bertz CT molecular complexity index is 227. The lowest BCUT2D eigenvalue weighted by molar-refractivity contribution is -0.138. The molecule has 0 rings (SSSR count). The highest BCUT2D eigenvalue weighted by Crippen LogP contribution is 2.04. The smallest absolute Gasteiger partial charge is 0.322 e. The van der Waals surface area contributed by atoms with Crippen LogP contribution in [0.2, 0.25) is 0 Å². The summed E-state index contributed by atoms with van der Waals surface area (Å²) in [5.41, 5.74) is 0. The van der Waals surface area contributed by atoms with Gasteiger partial charge in [-0.15, -0.1) is 6.58 Å². The SMILES string of the molecule is C=CCCCC(O)CC(=O)NCC(=O)O. The number of allylic oxidation sites excluding steroid dienone is 1. The Labute approximate surface area is 88.8 Å². The van der Waals surface area contributed by atoms with Gasteiger partial charge in [0.05, 0.1) is 12.5 Å². The summed E-state index contributed by atoms with van der Waals surface area (Å²) in [5, 5.41) is 19.8. The lowest BCUT2D eigenvalue weighted by Crippen LogP contribution is -2.31. The first-order valence-corrected chi connectivity index (χ1v) is 4.83. The minimum atomic E-state index is -1.09. The summed E-state index contributed by atoms with van der Waals surface area (Å²) < 4.78 is 0. The first-order chi connectivity index (χ1) is 7.06. The highest BCUT2D eigenvalue weighted by atomic mass is 16.4. The van der Waals surface area contributed by atoms with Gasteiger partial charge in [0.2, 0.25) is 5.91 Å². The highest BCUT2D eigenvalue weighted by Gasteiger charge is 2.10. The minimum absolute atomic E-state index is 0.0512. The van der Waals surface area contributed by atoms with E-state index in [2.05, 4.69) is 11.9 Å². The van der Waals surface area contributed by atoms with Crippen molar-refractivity contribution >= 4 is 11.9 Å². The van der Waals surface area contributed by atoms with Crippen molar-refractivity contribution in [3.05, 3.63) is 12.7 Å². The summed E-state index contributed by atoms with van der Waals surface area (Å²) >= 11 is 0. The van der Waals surface area contributed by atoms with Gasteiger partial charge in [0.1, 0.15) is 6.54 Å². The molecule has 0 saturated heterocycles. The Hall–Kier alpha value is -1.36. The van der Waals surface area contributed by atoms with E-state index < -0.39 is 24.5 Å². The van der Waals surface area contributed by atoms with Crippen LogP contribution in [0, 0.1) is 0 Å². The van der Waals surface area contributed by atoms with Crippen molar-refractivity contribution in [3.63, 3.8) is 0 Å². The van der Waals surface area contributed by atoms with Crippen LogP contribution in [0.1, 0.15) is 25.7 Å². The Morgan fingerprint density at radius 3 is 2.67 bits per heavy atom. The van der Waals surface area contributed by atoms with Gasteiger partial charge in [-0.1, -0.05) is 6.08 Å². The second-order valence-electron chi connectivity index (χ2n) is 3.25. The quantitative estimate of drug-likeness (QED) is 0.401. The summed E-state index contributed by atoms with van der Waals surface area (Å²) in [7, 11) is 0. The average molecular weight is 215 g/mol. The predicted molar refractivity (Wildman–Crippen MR) is 55.3 cm³/mol. The molecule has 0 radical (unpaired) electrons. The molecule has 5 heteroatoms. The van der Waals surface area contributed by atoms with Gasteiger partial charge in [-0.05, 0) is 19.3 Å². The number of nitrogens with one attached hydrogen (secondary N) is 1. The van der Waals surface area contributed by atoms with E-state index >= 15 is 0 Å². The van der Waals surface area contributed by atoms with Crippen molar-refractivity contribution in [2.75, 3.05) is 6.54 Å². The van der Waals surface area contributed by atoms with Crippen molar-refractivity contribution in [3.8, 4) is 0 Å². The van der Waals surface area contributed by atoms with Crippen molar-refractivity contribution in [2.24, 2.45) is 0 Å². The van der Waals surface area contributed by atoms with Crippen molar-refractivity contribution in [2.45, 2.75) is 31.8 Å². The number of aliphatic hydroxyl groups excluding tert-OH is 1. The highest BCUT2D eigenvalue weighted by molar-refractivity contribution is 5.81. The summed E-state index contributed by atoms with van der Waals surface area (Å²) in [4.78, 5) is 21.1. The molecule has 0 bridgehead atoms. The van der Waals surface area contributed by atoms with Crippen molar-refractivity contribution < 1.29 is 19.8 Å². The van der Waals surface area contributed by atoms with E-state index in [0.717, 1.165) is 12.8 Å². The molecule has 5 nitrogen and oxygen atoms in total. The van der Waals surface area contributed by atoms with E-state index in [1.54, 1.807) is 6.08 Å². The predicted octanol–water partition coefficient (Wildman–Crippen LogP) is 0.294. The lowest BCUT2D eigenvalue weighted by atomic mass is 10.1. The largest absolute Gasteiger partial charge is 0.480 e. The van der Waals surface area contributed by atoms with Crippen LogP contribution in [-0.2, 0) is 9.59 Å². The molecule has 0 spiro atoms. The fourth-order valence-electron chi connectivity index (χ4n) is 1.06. The van der Waals surface area contributed by atoms with E-state index in [1.165, 1.54) is 0 Å². The van der Waals surface area contributed by atoms with E-state index in [-0.39, 0.29) is 6.42 Å². The summed E-state index contributed by atoms with van der Waals surface area (Å²) in [6.45, 7) is 3.14. The number of unbranched alkanes of at least 4 members (excludes halogenated alkanes) is 1. The molecule has 15 heavy (non-hydrogen) atoms.